The van der Waals surface area contributed by atoms with E-state index in [0.717, 1.165) is 25.9 Å². The summed E-state index contributed by atoms with van der Waals surface area (Å²) in [7, 11) is 0. The Morgan fingerprint density at radius 2 is 1.48 bits per heavy atom. The van der Waals surface area contributed by atoms with Crippen molar-refractivity contribution in [2.45, 2.75) is 0 Å². The molecule has 112 valence electrons. The summed E-state index contributed by atoms with van der Waals surface area (Å²) in [5.41, 5.74) is 4.03. The average Bonchev–Trinajstić information content (AvgIpc) is 3.06. The molecule has 5 heteroatoms. The summed E-state index contributed by atoms with van der Waals surface area (Å²) in [4.78, 5) is 15.7. The van der Waals surface area contributed by atoms with Crippen LogP contribution in [0.3, 0.4) is 0 Å². The van der Waals surface area contributed by atoms with Crippen molar-refractivity contribution < 1.29 is 0 Å². The Hall–Kier alpha value is -2.41. The van der Waals surface area contributed by atoms with Crippen LogP contribution in [0.1, 0.15) is 0 Å². The van der Waals surface area contributed by atoms with Crippen molar-refractivity contribution in [1.29, 1.82) is 0 Å². The fourth-order valence-corrected chi connectivity index (χ4v) is 3.52. The zero-order valence-electron chi connectivity index (χ0n) is 12.0. The largest absolute Gasteiger partial charge is 0.320 e. The first-order valence-corrected chi connectivity index (χ1v) is 8.24. The van der Waals surface area contributed by atoms with Gasteiger partial charge in [0.25, 0.3) is 5.56 Å². The van der Waals surface area contributed by atoms with Crippen LogP contribution in [0.5, 0.6) is 0 Å². The minimum atomic E-state index is -0.133. The fourth-order valence-electron chi connectivity index (χ4n) is 2.69. The molecule has 2 aromatic heterocycles. The lowest BCUT2D eigenvalue weighted by Gasteiger charge is -2.06. The van der Waals surface area contributed by atoms with E-state index in [0.29, 0.717) is 11.1 Å². The monoisotopic (exact) mass is 413 g/mol. The molecule has 0 aliphatic rings. The van der Waals surface area contributed by atoms with Crippen molar-refractivity contribution in [3.63, 3.8) is 0 Å². The standard InChI is InChI=1S/C18H12IN3O/c19-14-16(12-9-5-2-6-10-12)20-18(23)13-15(21-22-17(13)14)11-7-3-1-4-8-11/h1-10H,(H,20,23)(H,21,22). The van der Waals surface area contributed by atoms with Crippen molar-refractivity contribution >= 4 is 33.5 Å². The molecule has 0 spiro atoms. The average molecular weight is 413 g/mol. The first-order chi connectivity index (χ1) is 11.3. The topological polar surface area (TPSA) is 61.5 Å². The van der Waals surface area contributed by atoms with Gasteiger partial charge in [-0.15, -0.1) is 0 Å². The van der Waals surface area contributed by atoms with Crippen LogP contribution in [0.25, 0.3) is 33.4 Å². The highest BCUT2D eigenvalue weighted by Crippen LogP contribution is 2.30. The van der Waals surface area contributed by atoms with E-state index < -0.39 is 0 Å². The van der Waals surface area contributed by atoms with Gasteiger partial charge in [-0.05, 0) is 28.2 Å². The molecule has 4 rings (SSSR count). The molecule has 0 radical (unpaired) electrons. The number of hydrogen-bond donors (Lipinski definition) is 2. The number of hydrogen-bond acceptors (Lipinski definition) is 2. The highest BCUT2D eigenvalue weighted by Gasteiger charge is 2.17. The van der Waals surface area contributed by atoms with Gasteiger partial charge in [0.2, 0.25) is 0 Å². The number of nitrogens with zero attached hydrogens (tertiary/aromatic N) is 1. The van der Waals surface area contributed by atoms with E-state index >= 15 is 0 Å². The van der Waals surface area contributed by atoms with Crippen LogP contribution in [0.4, 0.5) is 0 Å². The van der Waals surface area contributed by atoms with Crippen LogP contribution in [-0.2, 0) is 0 Å². The van der Waals surface area contributed by atoms with Crippen LogP contribution < -0.4 is 5.56 Å². The lowest BCUT2D eigenvalue weighted by Crippen LogP contribution is -2.09. The Morgan fingerprint density at radius 1 is 0.870 bits per heavy atom. The summed E-state index contributed by atoms with van der Waals surface area (Å²) in [6.45, 7) is 0. The van der Waals surface area contributed by atoms with E-state index in [-0.39, 0.29) is 5.56 Å². The highest BCUT2D eigenvalue weighted by atomic mass is 127. The number of rotatable bonds is 2. The summed E-state index contributed by atoms with van der Waals surface area (Å²) in [5.74, 6) is 0. The smallest absolute Gasteiger partial charge is 0.260 e. The van der Waals surface area contributed by atoms with Gasteiger partial charge in [-0.3, -0.25) is 9.89 Å². The molecule has 0 amide bonds. The third-order valence-corrected chi connectivity index (χ3v) is 4.86. The van der Waals surface area contributed by atoms with Crippen LogP contribution in [-0.4, -0.2) is 15.2 Å². The molecule has 2 heterocycles. The number of H-pyrrole nitrogens is 2. The maximum Gasteiger partial charge on any atom is 0.260 e. The van der Waals surface area contributed by atoms with Gasteiger partial charge in [0.15, 0.2) is 0 Å². The number of pyridine rings is 1. The lowest BCUT2D eigenvalue weighted by molar-refractivity contribution is 1.12. The third kappa shape index (κ3) is 2.37. The molecule has 0 unspecified atom stereocenters. The minimum absolute atomic E-state index is 0.133. The molecule has 0 atom stereocenters. The van der Waals surface area contributed by atoms with E-state index in [1.165, 1.54) is 0 Å². The number of halogens is 1. The maximum atomic E-state index is 12.7. The van der Waals surface area contributed by atoms with Crippen LogP contribution in [0.15, 0.2) is 65.5 Å². The molecule has 4 aromatic rings. The van der Waals surface area contributed by atoms with Gasteiger partial charge in [0, 0.05) is 5.56 Å². The van der Waals surface area contributed by atoms with E-state index in [2.05, 4.69) is 37.8 Å². The van der Waals surface area contributed by atoms with Crippen LogP contribution in [0, 0.1) is 3.57 Å². The minimum Gasteiger partial charge on any atom is -0.320 e. The molecule has 0 saturated carbocycles. The summed E-state index contributed by atoms with van der Waals surface area (Å²) in [6, 6.07) is 19.5. The van der Waals surface area contributed by atoms with Gasteiger partial charge in [0.05, 0.1) is 20.2 Å². The maximum absolute atomic E-state index is 12.7. The van der Waals surface area contributed by atoms with Crippen molar-refractivity contribution in [3.8, 4) is 22.5 Å². The molecule has 23 heavy (non-hydrogen) atoms. The zero-order chi connectivity index (χ0) is 15.8. The number of fused-ring (bicyclic) bond motifs is 1. The van der Waals surface area contributed by atoms with Crippen molar-refractivity contribution in [1.82, 2.24) is 15.2 Å². The number of aromatic nitrogens is 3. The Kier molecular flexibility index (Phi) is 3.49. The van der Waals surface area contributed by atoms with Crippen LogP contribution >= 0.6 is 22.6 Å². The van der Waals surface area contributed by atoms with Gasteiger partial charge in [-0.1, -0.05) is 60.7 Å². The van der Waals surface area contributed by atoms with Gasteiger partial charge in [-0.25, -0.2) is 0 Å². The Morgan fingerprint density at radius 3 is 2.13 bits per heavy atom. The van der Waals surface area contributed by atoms with Gasteiger partial charge < -0.3 is 4.98 Å². The summed E-state index contributed by atoms with van der Waals surface area (Å²) in [5, 5.41) is 8.00. The second-order valence-electron chi connectivity index (χ2n) is 5.20. The predicted molar refractivity (Wildman–Crippen MR) is 100 cm³/mol. The Balaban J connectivity index is 2.01. The Labute approximate surface area is 145 Å². The zero-order valence-corrected chi connectivity index (χ0v) is 14.2. The van der Waals surface area contributed by atoms with Gasteiger partial charge >= 0.3 is 0 Å². The van der Waals surface area contributed by atoms with E-state index in [9.17, 15) is 4.79 Å². The summed E-state index contributed by atoms with van der Waals surface area (Å²) >= 11 is 2.25. The molecular weight excluding hydrogens is 401 g/mol. The van der Waals surface area contributed by atoms with E-state index in [1.807, 2.05) is 60.7 Å². The summed E-state index contributed by atoms with van der Waals surface area (Å²) in [6.07, 6.45) is 0. The first kappa shape index (κ1) is 14.2. The number of nitrogens with one attached hydrogen (secondary N) is 2. The van der Waals surface area contributed by atoms with Crippen molar-refractivity contribution in [2.24, 2.45) is 0 Å². The quantitative estimate of drug-likeness (QED) is 0.485. The Bertz CT molecular complexity index is 1040. The second-order valence-corrected chi connectivity index (χ2v) is 6.28. The fraction of sp³-hybridized carbons (Fsp3) is 0. The van der Waals surface area contributed by atoms with E-state index in [1.54, 1.807) is 0 Å². The molecule has 0 aliphatic heterocycles. The number of benzene rings is 2. The molecule has 0 saturated heterocycles. The number of aromatic amines is 2. The molecule has 4 nitrogen and oxygen atoms in total. The molecular formula is C18H12IN3O. The third-order valence-electron chi connectivity index (χ3n) is 3.78. The first-order valence-electron chi connectivity index (χ1n) is 7.16. The van der Waals surface area contributed by atoms with Crippen molar-refractivity contribution in [3.05, 3.63) is 74.6 Å². The summed E-state index contributed by atoms with van der Waals surface area (Å²) < 4.78 is 0.957. The van der Waals surface area contributed by atoms with E-state index in [4.69, 9.17) is 0 Å². The predicted octanol–water partition coefficient (Wildman–Crippen LogP) is 4.19. The lowest BCUT2D eigenvalue weighted by atomic mass is 10.1. The van der Waals surface area contributed by atoms with Gasteiger partial charge in [-0.2, -0.15) is 5.10 Å². The molecule has 2 N–H and O–H groups in total. The van der Waals surface area contributed by atoms with Gasteiger partial charge in [0.1, 0.15) is 5.69 Å². The van der Waals surface area contributed by atoms with Crippen molar-refractivity contribution in [2.75, 3.05) is 0 Å². The second kappa shape index (κ2) is 5.66. The van der Waals surface area contributed by atoms with Crippen LogP contribution in [0.2, 0.25) is 0 Å². The molecule has 0 fully saturated rings. The molecule has 2 aromatic carbocycles. The molecule has 0 bridgehead atoms. The highest BCUT2D eigenvalue weighted by molar-refractivity contribution is 14.1. The normalized spacial score (nSPS) is 11.0. The molecule has 0 aliphatic carbocycles. The SMILES string of the molecule is O=c1[nH]c(-c2ccccc2)c(I)c2[nH]nc(-c3ccccc3)c12.